The molecule has 0 atom stereocenters. The highest BCUT2D eigenvalue weighted by molar-refractivity contribution is 5.90. The van der Waals surface area contributed by atoms with Gasteiger partial charge in [-0.3, -0.25) is 9.48 Å². The van der Waals surface area contributed by atoms with E-state index in [1.165, 1.54) is 0 Å². The van der Waals surface area contributed by atoms with Crippen LogP contribution in [0.3, 0.4) is 0 Å². The average molecular weight is 210 g/mol. The second-order valence-corrected chi connectivity index (χ2v) is 4.51. The molecule has 0 fully saturated rings. The smallest absolute Gasteiger partial charge is 0.227 e. The average Bonchev–Trinajstić information content (AvgIpc) is 2.26. The van der Waals surface area contributed by atoms with Crippen molar-refractivity contribution in [1.29, 1.82) is 0 Å². The fourth-order valence-corrected chi connectivity index (χ4v) is 1.22. The lowest BCUT2D eigenvalue weighted by molar-refractivity contribution is -0.117. The maximum absolute atomic E-state index is 11.5. The van der Waals surface area contributed by atoms with Crippen LogP contribution in [-0.2, 0) is 11.8 Å². The van der Waals surface area contributed by atoms with Crippen LogP contribution >= 0.6 is 0 Å². The number of anilines is 1. The number of carbonyl (C=O) groups excluding carboxylic acids is 1. The van der Waals surface area contributed by atoms with Crippen LogP contribution in [-0.4, -0.2) is 21.2 Å². The van der Waals surface area contributed by atoms with Crippen LogP contribution in [0.5, 0.6) is 0 Å². The Labute approximate surface area is 89.6 Å². The van der Waals surface area contributed by atoms with Gasteiger partial charge in [-0.15, -0.1) is 0 Å². The van der Waals surface area contributed by atoms with Crippen LogP contribution in [0.25, 0.3) is 0 Å². The van der Waals surface area contributed by atoms with Crippen molar-refractivity contribution in [2.24, 2.45) is 12.8 Å². The normalized spacial score (nSPS) is 11.5. The van der Waals surface area contributed by atoms with Crippen LogP contribution in [0.2, 0.25) is 0 Å². The van der Waals surface area contributed by atoms with Gasteiger partial charge in [-0.2, -0.15) is 5.10 Å². The number of nitrogens with two attached hydrogens (primary N) is 1. The van der Waals surface area contributed by atoms with Crippen molar-refractivity contribution >= 4 is 11.7 Å². The van der Waals surface area contributed by atoms with Crippen molar-refractivity contribution in [3.63, 3.8) is 0 Å². The molecule has 1 aromatic heterocycles. The van der Waals surface area contributed by atoms with Crippen molar-refractivity contribution in [1.82, 2.24) is 9.78 Å². The summed E-state index contributed by atoms with van der Waals surface area (Å²) in [5.74, 6) is 0.463. The number of nitrogens with one attached hydrogen (secondary N) is 1. The molecule has 1 rings (SSSR count). The zero-order valence-corrected chi connectivity index (χ0v) is 9.66. The van der Waals surface area contributed by atoms with E-state index in [-0.39, 0.29) is 12.3 Å². The summed E-state index contributed by atoms with van der Waals surface area (Å²) in [6.45, 7) is 5.56. The Hall–Kier alpha value is -1.36. The van der Waals surface area contributed by atoms with E-state index in [4.69, 9.17) is 5.73 Å². The molecule has 1 heterocycles. The summed E-state index contributed by atoms with van der Waals surface area (Å²) in [4.78, 5) is 11.5. The molecule has 5 heteroatoms. The molecule has 0 aliphatic heterocycles. The Balaban J connectivity index is 2.59. The lowest BCUT2D eigenvalue weighted by atomic mass is 10.0. The second-order valence-electron chi connectivity index (χ2n) is 4.51. The topological polar surface area (TPSA) is 72.9 Å². The minimum Gasteiger partial charge on any atom is -0.325 e. The van der Waals surface area contributed by atoms with E-state index >= 15 is 0 Å². The van der Waals surface area contributed by atoms with Crippen LogP contribution < -0.4 is 11.1 Å². The van der Waals surface area contributed by atoms with E-state index in [2.05, 4.69) is 10.4 Å². The molecule has 0 unspecified atom stereocenters. The highest BCUT2D eigenvalue weighted by Crippen LogP contribution is 2.09. The fraction of sp³-hybridized carbons (Fsp3) is 0.600. The molecular weight excluding hydrogens is 192 g/mol. The lowest BCUT2D eigenvalue weighted by Gasteiger charge is -2.16. The maximum atomic E-state index is 11.5. The number of aromatic nitrogens is 2. The quantitative estimate of drug-likeness (QED) is 0.774. The van der Waals surface area contributed by atoms with Gasteiger partial charge >= 0.3 is 0 Å². The number of hydrogen-bond donors (Lipinski definition) is 2. The van der Waals surface area contributed by atoms with Gasteiger partial charge in [0.25, 0.3) is 0 Å². The van der Waals surface area contributed by atoms with E-state index in [1.807, 2.05) is 33.9 Å². The Morgan fingerprint density at radius 3 is 2.67 bits per heavy atom. The third kappa shape index (κ3) is 3.71. The summed E-state index contributed by atoms with van der Waals surface area (Å²) >= 11 is 0. The summed E-state index contributed by atoms with van der Waals surface area (Å²) in [5.41, 5.74) is 6.24. The van der Waals surface area contributed by atoms with Gasteiger partial charge in [0.15, 0.2) is 5.82 Å². The van der Waals surface area contributed by atoms with E-state index in [0.717, 1.165) is 5.69 Å². The molecule has 0 aromatic carbocycles. The molecule has 0 aliphatic rings. The molecule has 0 radical (unpaired) electrons. The summed E-state index contributed by atoms with van der Waals surface area (Å²) in [5, 5.41) is 6.83. The van der Waals surface area contributed by atoms with E-state index in [1.54, 1.807) is 4.68 Å². The highest BCUT2D eigenvalue weighted by atomic mass is 16.1. The third-order valence-electron chi connectivity index (χ3n) is 2.00. The minimum atomic E-state index is -0.492. The Morgan fingerprint density at radius 1 is 1.67 bits per heavy atom. The molecule has 84 valence electrons. The van der Waals surface area contributed by atoms with E-state index in [9.17, 15) is 4.79 Å². The molecule has 15 heavy (non-hydrogen) atoms. The van der Waals surface area contributed by atoms with E-state index in [0.29, 0.717) is 5.82 Å². The van der Waals surface area contributed by atoms with Crippen LogP contribution in [0.15, 0.2) is 6.07 Å². The monoisotopic (exact) mass is 210 g/mol. The van der Waals surface area contributed by atoms with Crippen molar-refractivity contribution in [2.45, 2.75) is 32.7 Å². The summed E-state index contributed by atoms with van der Waals surface area (Å²) in [7, 11) is 1.83. The molecule has 0 bridgehead atoms. The van der Waals surface area contributed by atoms with Gasteiger partial charge in [0.05, 0.1) is 0 Å². The largest absolute Gasteiger partial charge is 0.325 e. The Bertz CT molecular complexity index is 342. The number of amides is 1. The fourth-order valence-electron chi connectivity index (χ4n) is 1.22. The zero-order chi connectivity index (χ0) is 11.6. The van der Waals surface area contributed by atoms with Crippen LogP contribution in [0.4, 0.5) is 5.82 Å². The molecule has 0 saturated heterocycles. The number of nitrogens with zero attached hydrogens (tertiary/aromatic N) is 2. The van der Waals surface area contributed by atoms with Gasteiger partial charge in [-0.1, -0.05) is 0 Å². The highest BCUT2D eigenvalue weighted by Gasteiger charge is 2.17. The van der Waals surface area contributed by atoms with E-state index < -0.39 is 5.54 Å². The Kier molecular flexibility index (Phi) is 3.14. The second kappa shape index (κ2) is 4.02. The summed E-state index contributed by atoms with van der Waals surface area (Å²) in [6.07, 6.45) is 0.280. The number of hydrogen-bond acceptors (Lipinski definition) is 3. The number of carbonyl (C=O) groups is 1. The number of rotatable bonds is 3. The van der Waals surface area contributed by atoms with Gasteiger partial charge < -0.3 is 11.1 Å². The molecule has 0 spiro atoms. The van der Waals surface area contributed by atoms with Gasteiger partial charge in [-0.25, -0.2) is 0 Å². The third-order valence-corrected chi connectivity index (χ3v) is 2.00. The summed E-state index contributed by atoms with van der Waals surface area (Å²) in [6, 6.07) is 1.82. The van der Waals surface area contributed by atoms with Crippen molar-refractivity contribution in [2.75, 3.05) is 5.32 Å². The lowest BCUT2D eigenvalue weighted by Crippen LogP contribution is -2.36. The first-order chi connectivity index (χ1) is 6.78. The summed E-state index contributed by atoms with van der Waals surface area (Å²) < 4.78 is 1.71. The SMILES string of the molecule is Cc1cc(NC(=O)CC(C)(C)N)nn1C. The molecule has 3 N–H and O–H groups in total. The van der Waals surface area contributed by atoms with Crippen molar-refractivity contribution < 1.29 is 4.79 Å². The molecule has 0 aliphatic carbocycles. The Morgan fingerprint density at radius 2 is 2.27 bits per heavy atom. The maximum Gasteiger partial charge on any atom is 0.227 e. The van der Waals surface area contributed by atoms with Crippen molar-refractivity contribution in [3.8, 4) is 0 Å². The molecule has 1 aromatic rings. The number of aryl methyl sites for hydroxylation is 2. The first kappa shape index (κ1) is 11.7. The minimum absolute atomic E-state index is 0.111. The van der Waals surface area contributed by atoms with Gasteiger partial charge in [0.1, 0.15) is 0 Å². The zero-order valence-electron chi connectivity index (χ0n) is 9.66. The predicted octanol–water partition coefficient (Wildman–Crippen LogP) is 0.794. The molecule has 5 nitrogen and oxygen atoms in total. The van der Waals surface area contributed by atoms with Gasteiger partial charge in [-0.05, 0) is 20.8 Å². The standard InChI is InChI=1S/C10H18N4O/c1-7-5-8(13-14(7)4)12-9(15)6-10(2,3)11/h5H,6,11H2,1-4H3,(H,12,13,15). The molecule has 0 saturated carbocycles. The first-order valence-corrected chi connectivity index (χ1v) is 4.87. The first-order valence-electron chi connectivity index (χ1n) is 4.87. The van der Waals surface area contributed by atoms with Crippen LogP contribution in [0, 0.1) is 6.92 Å². The van der Waals surface area contributed by atoms with Gasteiger partial charge in [0.2, 0.25) is 5.91 Å². The predicted molar refractivity (Wildman–Crippen MR) is 59.5 cm³/mol. The van der Waals surface area contributed by atoms with Crippen molar-refractivity contribution in [3.05, 3.63) is 11.8 Å². The van der Waals surface area contributed by atoms with Gasteiger partial charge in [0, 0.05) is 30.8 Å². The van der Waals surface area contributed by atoms with Crippen LogP contribution in [0.1, 0.15) is 26.0 Å². The molecular formula is C10H18N4O. The molecule has 1 amide bonds.